The van der Waals surface area contributed by atoms with Gasteiger partial charge in [-0.3, -0.25) is 4.79 Å². The highest BCUT2D eigenvalue weighted by Gasteiger charge is 2.03. The average molecular weight is 311 g/mol. The van der Waals surface area contributed by atoms with E-state index in [-0.39, 0.29) is 0 Å². The van der Waals surface area contributed by atoms with Crippen molar-refractivity contribution < 1.29 is 13.6 Å². The summed E-state index contributed by atoms with van der Waals surface area (Å²) >= 11 is 3.15. The van der Waals surface area contributed by atoms with E-state index in [2.05, 4.69) is 26.5 Å². The fraction of sp³-hybridized carbons (Fsp3) is 0. The third-order valence-corrected chi connectivity index (χ3v) is 2.48. The maximum Gasteiger partial charge on any atom is 0.271 e. The van der Waals surface area contributed by atoms with Crippen LogP contribution in [0.4, 0.5) is 4.39 Å². The van der Waals surface area contributed by atoms with E-state index < -0.39 is 11.7 Å². The number of carbonyl (C=O) groups is 1. The number of nitrogens with zero attached hydrogens (tertiary/aromatic N) is 1. The summed E-state index contributed by atoms with van der Waals surface area (Å²) in [7, 11) is 0. The van der Waals surface area contributed by atoms with Gasteiger partial charge in [-0.25, -0.2) is 9.82 Å². The Balaban J connectivity index is 1.96. The molecule has 1 heterocycles. The number of hydrazone groups is 1. The maximum atomic E-state index is 12.6. The van der Waals surface area contributed by atoms with E-state index in [0.29, 0.717) is 16.0 Å². The fourth-order valence-electron chi connectivity index (χ4n) is 1.22. The highest BCUT2D eigenvalue weighted by Crippen LogP contribution is 2.12. The number of halogens is 2. The summed E-state index contributed by atoms with van der Waals surface area (Å²) in [5.41, 5.74) is 2.64. The van der Waals surface area contributed by atoms with Gasteiger partial charge < -0.3 is 4.42 Å². The zero-order valence-electron chi connectivity index (χ0n) is 9.06. The van der Waals surface area contributed by atoms with Crippen LogP contribution in [0.5, 0.6) is 0 Å². The minimum Gasteiger partial charge on any atom is -0.448 e. The molecule has 4 nitrogen and oxygen atoms in total. The molecule has 0 atom stereocenters. The lowest BCUT2D eigenvalue weighted by atomic mass is 10.2. The normalized spacial score (nSPS) is 10.8. The van der Waals surface area contributed by atoms with Gasteiger partial charge in [0, 0.05) is 5.56 Å². The van der Waals surface area contributed by atoms with E-state index in [1.807, 2.05) is 0 Å². The number of hydrogen-bond donors (Lipinski definition) is 1. The van der Waals surface area contributed by atoms with Crippen molar-refractivity contribution in [2.24, 2.45) is 5.10 Å². The van der Waals surface area contributed by atoms with Crippen molar-refractivity contribution in [2.45, 2.75) is 0 Å². The first-order valence-corrected chi connectivity index (χ1v) is 5.79. The zero-order valence-corrected chi connectivity index (χ0v) is 10.6. The van der Waals surface area contributed by atoms with Crippen molar-refractivity contribution in [1.29, 1.82) is 0 Å². The number of carbonyl (C=O) groups excluding carboxylic acids is 1. The summed E-state index contributed by atoms with van der Waals surface area (Å²) in [4.78, 5) is 11.6. The van der Waals surface area contributed by atoms with Crippen LogP contribution in [0.3, 0.4) is 0 Å². The third kappa shape index (κ3) is 3.27. The minimum absolute atomic E-state index is 0.328. The van der Waals surface area contributed by atoms with Crippen LogP contribution in [0.1, 0.15) is 16.1 Å². The first-order chi connectivity index (χ1) is 8.65. The molecule has 0 aliphatic heterocycles. The molecule has 6 heteroatoms. The Morgan fingerprint density at radius 1 is 1.28 bits per heavy atom. The van der Waals surface area contributed by atoms with Gasteiger partial charge in [-0.15, -0.1) is 0 Å². The van der Waals surface area contributed by atoms with Crippen molar-refractivity contribution in [1.82, 2.24) is 5.43 Å². The lowest BCUT2D eigenvalue weighted by molar-refractivity contribution is 0.0955. The zero-order chi connectivity index (χ0) is 13.0. The molecular formula is C12H8BrFN2O2. The van der Waals surface area contributed by atoms with Crippen LogP contribution in [-0.4, -0.2) is 12.1 Å². The van der Waals surface area contributed by atoms with Crippen molar-refractivity contribution in [3.05, 3.63) is 58.2 Å². The molecule has 0 aliphatic rings. The molecule has 0 bridgehead atoms. The Bertz CT molecular complexity index is 578. The van der Waals surface area contributed by atoms with E-state index in [1.165, 1.54) is 30.5 Å². The quantitative estimate of drug-likeness (QED) is 0.700. The van der Waals surface area contributed by atoms with Crippen LogP contribution in [0, 0.1) is 5.82 Å². The largest absolute Gasteiger partial charge is 0.448 e. The lowest BCUT2D eigenvalue weighted by Crippen LogP contribution is -2.17. The number of nitrogens with one attached hydrogen (secondary N) is 1. The second kappa shape index (κ2) is 5.59. The summed E-state index contributed by atoms with van der Waals surface area (Å²) in [6.07, 6.45) is 1.37. The highest BCUT2D eigenvalue weighted by atomic mass is 79.9. The number of hydrogen-bond acceptors (Lipinski definition) is 3. The van der Waals surface area contributed by atoms with Crippen LogP contribution < -0.4 is 5.43 Å². The molecule has 0 aliphatic carbocycles. The molecular weight excluding hydrogens is 303 g/mol. The SMILES string of the molecule is O=C(N/N=C\c1ccc(Br)o1)c1ccc(F)cc1. The average Bonchev–Trinajstić information content (AvgIpc) is 2.76. The number of benzene rings is 1. The second-order valence-corrected chi connectivity index (χ2v) is 4.13. The van der Waals surface area contributed by atoms with Crippen LogP contribution in [0.2, 0.25) is 0 Å². The predicted octanol–water partition coefficient (Wildman–Crippen LogP) is 2.95. The fourth-order valence-corrected chi connectivity index (χ4v) is 1.54. The summed E-state index contributed by atoms with van der Waals surface area (Å²) in [6.45, 7) is 0. The molecule has 0 saturated carbocycles. The molecule has 1 N–H and O–H groups in total. The Morgan fingerprint density at radius 3 is 2.61 bits per heavy atom. The van der Waals surface area contributed by atoms with E-state index in [1.54, 1.807) is 12.1 Å². The summed E-state index contributed by atoms with van der Waals surface area (Å²) in [6, 6.07) is 8.58. The van der Waals surface area contributed by atoms with Crippen molar-refractivity contribution in [3.63, 3.8) is 0 Å². The van der Waals surface area contributed by atoms with Gasteiger partial charge in [-0.2, -0.15) is 5.10 Å². The molecule has 1 aromatic heterocycles. The van der Waals surface area contributed by atoms with Crippen LogP contribution in [-0.2, 0) is 0 Å². The van der Waals surface area contributed by atoms with Crippen molar-refractivity contribution in [3.8, 4) is 0 Å². The monoisotopic (exact) mass is 310 g/mol. The first kappa shape index (κ1) is 12.5. The van der Waals surface area contributed by atoms with Gasteiger partial charge in [0.25, 0.3) is 5.91 Å². The molecule has 0 radical (unpaired) electrons. The molecule has 18 heavy (non-hydrogen) atoms. The van der Waals surface area contributed by atoms with Gasteiger partial charge in [0.15, 0.2) is 4.67 Å². The molecule has 0 fully saturated rings. The van der Waals surface area contributed by atoms with Gasteiger partial charge in [-0.05, 0) is 52.3 Å². The Morgan fingerprint density at radius 2 is 2.00 bits per heavy atom. The van der Waals surface area contributed by atoms with E-state index in [9.17, 15) is 9.18 Å². The summed E-state index contributed by atoms with van der Waals surface area (Å²) < 4.78 is 18.4. The van der Waals surface area contributed by atoms with Gasteiger partial charge >= 0.3 is 0 Å². The van der Waals surface area contributed by atoms with Crippen molar-refractivity contribution in [2.75, 3.05) is 0 Å². The second-order valence-electron chi connectivity index (χ2n) is 3.35. The van der Waals surface area contributed by atoms with Crippen molar-refractivity contribution >= 4 is 28.1 Å². The Kier molecular flexibility index (Phi) is 3.88. The molecule has 0 saturated heterocycles. The van der Waals surface area contributed by atoms with Crippen LogP contribution >= 0.6 is 15.9 Å². The lowest BCUT2D eigenvalue weighted by Gasteiger charge is -1.98. The maximum absolute atomic E-state index is 12.6. The van der Waals surface area contributed by atoms with Gasteiger partial charge in [-0.1, -0.05) is 0 Å². The highest BCUT2D eigenvalue weighted by molar-refractivity contribution is 9.10. The molecule has 92 valence electrons. The standard InChI is InChI=1S/C12H8BrFN2O2/c13-11-6-5-10(18-11)7-15-16-12(17)8-1-3-9(14)4-2-8/h1-7H,(H,16,17)/b15-7-. The summed E-state index contributed by atoms with van der Waals surface area (Å²) in [5, 5.41) is 3.72. The third-order valence-electron chi connectivity index (χ3n) is 2.06. The predicted molar refractivity (Wildman–Crippen MR) is 67.9 cm³/mol. The molecule has 2 rings (SSSR count). The van der Waals surface area contributed by atoms with Gasteiger partial charge in [0.05, 0.1) is 6.21 Å². The topological polar surface area (TPSA) is 54.6 Å². The molecule has 1 amide bonds. The van der Waals surface area contributed by atoms with E-state index >= 15 is 0 Å². The molecule has 1 aromatic carbocycles. The Hall–Kier alpha value is -1.95. The van der Waals surface area contributed by atoms with E-state index in [0.717, 1.165) is 0 Å². The molecule has 0 spiro atoms. The number of rotatable bonds is 3. The van der Waals surface area contributed by atoms with Crippen LogP contribution in [0.25, 0.3) is 0 Å². The van der Waals surface area contributed by atoms with Gasteiger partial charge in [0.2, 0.25) is 0 Å². The number of amides is 1. The molecule has 2 aromatic rings. The van der Waals surface area contributed by atoms with E-state index in [4.69, 9.17) is 4.42 Å². The summed E-state index contributed by atoms with van der Waals surface area (Å²) in [5.74, 6) is -0.311. The first-order valence-electron chi connectivity index (χ1n) is 4.99. The minimum atomic E-state index is -0.420. The van der Waals surface area contributed by atoms with Crippen LogP contribution in [0.15, 0.2) is 50.6 Å². The smallest absolute Gasteiger partial charge is 0.271 e. The molecule has 0 unspecified atom stereocenters. The number of furan rings is 1. The Labute approximate surface area is 111 Å². The van der Waals surface area contributed by atoms with Gasteiger partial charge in [0.1, 0.15) is 11.6 Å².